The number of rotatable bonds is 7. The minimum absolute atomic E-state index is 0.121. The summed E-state index contributed by atoms with van der Waals surface area (Å²) >= 11 is 0. The smallest absolute Gasteiger partial charge is 0.211 e. The van der Waals surface area contributed by atoms with Crippen molar-refractivity contribution >= 4 is 20.9 Å². The lowest BCUT2D eigenvalue weighted by Gasteiger charge is -2.07. The monoisotopic (exact) mass is 281 g/mol. The number of aromatic amines is 1. The Morgan fingerprint density at radius 2 is 2.05 bits per heavy atom. The van der Waals surface area contributed by atoms with E-state index in [2.05, 4.69) is 21.1 Å². The lowest BCUT2D eigenvalue weighted by atomic mass is 10.1. The molecule has 0 aliphatic rings. The van der Waals surface area contributed by atoms with E-state index >= 15 is 0 Å². The van der Waals surface area contributed by atoms with E-state index in [-0.39, 0.29) is 5.75 Å². The third-order valence-electron chi connectivity index (χ3n) is 3.00. The van der Waals surface area contributed by atoms with Crippen LogP contribution in [0, 0.1) is 0 Å². The van der Waals surface area contributed by atoms with Crippen molar-refractivity contribution in [2.24, 2.45) is 0 Å². The molecule has 2 rings (SSSR count). The zero-order valence-corrected chi connectivity index (χ0v) is 11.8. The number of sulfonamides is 1. The Labute approximate surface area is 113 Å². The Morgan fingerprint density at radius 1 is 1.21 bits per heavy atom. The van der Waals surface area contributed by atoms with Gasteiger partial charge < -0.3 is 10.3 Å². The van der Waals surface area contributed by atoms with Gasteiger partial charge in [0, 0.05) is 36.7 Å². The summed E-state index contributed by atoms with van der Waals surface area (Å²) in [4.78, 5) is 3.17. The molecule has 0 radical (unpaired) electrons. The molecule has 5 nitrogen and oxygen atoms in total. The van der Waals surface area contributed by atoms with Crippen molar-refractivity contribution in [2.45, 2.75) is 13.5 Å². The normalized spacial score (nSPS) is 12.1. The molecule has 1 heterocycles. The predicted octanol–water partition coefficient (Wildman–Crippen LogP) is 1.20. The second kappa shape index (κ2) is 6.18. The minimum Gasteiger partial charge on any atom is -0.361 e. The van der Waals surface area contributed by atoms with Gasteiger partial charge >= 0.3 is 0 Å². The zero-order valence-electron chi connectivity index (χ0n) is 10.9. The maximum Gasteiger partial charge on any atom is 0.211 e. The van der Waals surface area contributed by atoms with Crippen LogP contribution in [0.5, 0.6) is 0 Å². The van der Waals surface area contributed by atoms with Crippen LogP contribution >= 0.6 is 0 Å². The molecule has 3 N–H and O–H groups in total. The maximum atomic E-state index is 11.2. The maximum absolute atomic E-state index is 11.2. The molecule has 0 amide bonds. The molecular weight excluding hydrogens is 262 g/mol. The van der Waals surface area contributed by atoms with Crippen molar-refractivity contribution in [3.05, 3.63) is 36.0 Å². The Kier molecular flexibility index (Phi) is 4.57. The topological polar surface area (TPSA) is 74.0 Å². The number of benzene rings is 1. The summed E-state index contributed by atoms with van der Waals surface area (Å²) in [6.07, 6.45) is 1.92. The van der Waals surface area contributed by atoms with Gasteiger partial charge in [0.15, 0.2) is 0 Å². The number of hydrogen-bond donors (Lipinski definition) is 3. The van der Waals surface area contributed by atoms with Gasteiger partial charge in [-0.3, -0.25) is 0 Å². The third-order valence-corrected chi connectivity index (χ3v) is 4.41. The van der Waals surface area contributed by atoms with E-state index in [1.165, 1.54) is 10.9 Å². The summed E-state index contributed by atoms with van der Waals surface area (Å²) in [5, 5.41) is 4.44. The Bertz CT molecular complexity index is 634. The van der Waals surface area contributed by atoms with Gasteiger partial charge in [-0.1, -0.05) is 12.1 Å². The van der Waals surface area contributed by atoms with Crippen molar-refractivity contribution in [1.82, 2.24) is 15.0 Å². The van der Waals surface area contributed by atoms with Gasteiger partial charge in [-0.15, -0.1) is 0 Å². The second-order valence-corrected chi connectivity index (χ2v) is 6.43. The number of H-pyrrole nitrogens is 1. The average molecular weight is 281 g/mol. The minimum atomic E-state index is -3.09. The van der Waals surface area contributed by atoms with E-state index in [9.17, 15) is 8.42 Å². The molecule has 0 aliphatic heterocycles. The highest BCUT2D eigenvalue weighted by atomic mass is 32.2. The van der Waals surface area contributed by atoms with Gasteiger partial charge in [0.1, 0.15) is 0 Å². The Balaban J connectivity index is 1.82. The van der Waals surface area contributed by atoms with Crippen molar-refractivity contribution in [3.8, 4) is 0 Å². The summed E-state index contributed by atoms with van der Waals surface area (Å²) in [6, 6.07) is 8.16. The van der Waals surface area contributed by atoms with E-state index in [4.69, 9.17) is 0 Å². The van der Waals surface area contributed by atoms with Crippen LogP contribution in [0.1, 0.15) is 12.5 Å². The van der Waals surface area contributed by atoms with Gasteiger partial charge in [0.2, 0.25) is 10.0 Å². The van der Waals surface area contributed by atoms with Crippen LogP contribution < -0.4 is 10.0 Å². The van der Waals surface area contributed by atoms with Crippen LogP contribution in [-0.4, -0.2) is 32.2 Å². The van der Waals surface area contributed by atoms with Crippen molar-refractivity contribution in [3.63, 3.8) is 0 Å². The number of fused-ring (bicyclic) bond motifs is 1. The molecule has 0 spiro atoms. The molecule has 6 heteroatoms. The van der Waals surface area contributed by atoms with E-state index in [1.807, 2.05) is 24.4 Å². The molecule has 0 fully saturated rings. The highest BCUT2D eigenvalue weighted by molar-refractivity contribution is 7.89. The van der Waals surface area contributed by atoms with Crippen LogP contribution in [-0.2, 0) is 16.6 Å². The summed E-state index contributed by atoms with van der Waals surface area (Å²) in [7, 11) is -3.09. The molecule has 1 aromatic heterocycles. The molecule has 0 atom stereocenters. The fourth-order valence-electron chi connectivity index (χ4n) is 1.92. The summed E-state index contributed by atoms with van der Waals surface area (Å²) in [5.74, 6) is 0.121. The fourth-order valence-corrected chi connectivity index (χ4v) is 2.54. The molecule has 19 heavy (non-hydrogen) atoms. The Morgan fingerprint density at radius 3 is 2.84 bits per heavy atom. The first-order chi connectivity index (χ1) is 9.12. The molecule has 0 saturated heterocycles. The van der Waals surface area contributed by atoms with Gasteiger partial charge in [-0.2, -0.15) is 0 Å². The Hall–Kier alpha value is -1.37. The molecular formula is C13H19N3O2S. The predicted molar refractivity (Wildman–Crippen MR) is 77.5 cm³/mol. The average Bonchev–Trinajstić information content (AvgIpc) is 2.87. The highest BCUT2D eigenvalue weighted by Crippen LogP contribution is 2.16. The van der Waals surface area contributed by atoms with Crippen molar-refractivity contribution in [1.29, 1.82) is 0 Å². The quantitative estimate of drug-likeness (QED) is 0.668. The first-order valence-corrected chi connectivity index (χ1v) is 8.00. The van der Waals surface area contributed by atoms with Gasteiger partial charge in [0.05, 0.1) is 5.75 Å². The van der Waals surface area contributed by atoms with Crippen LogP contribution in [0.25, 0.3) is 10.9 Å². The second-order valence-electron chi connectivity index (χ2n) is 4.33. The van der Waals surface area contributed by atoms with Gasteiger partial charge in [0.25, 0.3) is 0 Å². The van der Waals surface area contributed by atoms with Crippen LogP contribution in [0.3, 0.4) is 0 Å². The number of hydrogen-bond acceptors (Lipinski definition) is 3. The zero-order chi connectivity index (χ0) is 13.7. The summed E-state index contributed by atoms with van der Waals surface area (Å²) in [5.41, 5.74) is 2.32. The van der Waals surface area contributed by atoms with Crippen molar-refractivity contribution < 1.29 is 8.42 Å². The highest BCUT2D eigenvalue weighted by Gasteiger charge is 2.04. The number of aromatic nitrogens is 1. The SMILES string of the molecule is CCS(=O)(=O)NCCNCc1cccc2[nH]ccc12. The molecule has 0 bridgehead atoms. The van der Waals surface area contributed by atoms with Crippen LogP contribution in [0.15, 0.2) is 30.5 Å². The molecule has 1 aromatic carbocycles. The number of nitrogens with one attached hydrogen (secondary N) is 3. The van der Waals surface area contributed by atoms with Gasteiger partial charge in [-0.05, 0) is 24.6 Å². The largest absolute Gasteiger partial charge is 0.361 e. The van der Waals surface area contributed by atoms with Gasteiger partial charge in [-0.25, -0.2) is 13.1 Å². The summed E-state index contributed by atoms with van der Waals surface area (Å²) < 4.78 is 25.0. The van der Waals surface area contributed by atoms with Crippen LogP contribution in [0.4, 0.5) is 0 Å². The lowest BCUT2D eigenvalue weighted by Crippen LogP contribution is -2.32. The molecule has 0 saturated carbocycles. The molecule has 104 valence electrons. The lowest BCUT2D eigenvalue weighted by molar-refractivity contribution is 0.577. The molecule has 0 aliphatic carbocycles. The summed E-state index contributed by atoms with van der Waals surface area (Å²) in [6.45, 7) is 3.38. The molecule has 0 unspecified atom stereocenters. The first-order valence-electron chi connectivity index (χ1n) is 6.35. The van der Waals surface area contributed by atoms with E-state index < -0.39 is 10.0 Å². The third kappa shape index (κ3) is 3.79. The van der Waals surface area contributed by atoms with E-state index in [0.29, 0.717) is 13.1 Å². The van der Waals surface area contributed by atoms with Crippen molar-refractivity contribution in [2.75, 3.05) is 18.8 Å². The fraction of sp³-hybridized carbons (Fsp3) is 0.385. The van der Waals surface area contributed by atoms with E-state index in [0.717, 1.165) is 12.1 Å². The van der Waals surface area contributed by atoms with E-state index in [1.54, 1.807) is 6.92 Å². The van der Waals surface area contributed by atoms with Crippen LogP contribution in [0.2, 0.25) is 0 Å². The first kappa shape index (κ1) is 14.0. The standard InChI is InChI=1S/C13H19N3O2S/c1-2-19(17,18)16-9-8-14-10-11-4-3-5-13-12(11)6-7-15-13/h3-7,14-16H,2,8-10H2,1H3. The molecule has 2 aromatic rings.